The molecule has 0 aliphatic carbocycles. The quantitative estimate of drug-likeness (QED) is 0.489. The summed E-state index contributed by atoms with van der Waals surface area (Å²) < 4.78 is 5.34. The number of piperazine rings is 1. The number of benzene rings is 2. The second kappa shape index (κ2) is 11.1. The van der Waals surface area contributed by atoms with Crippen LogP contribution in [0.1, 0.15) is 29.0 Å². The molecule has 1 aromatic heterocycles. The monoisotopic (exact) mass is 538 g/mol. The molecule has 2 aliphatic heterocycles. The third-order valence-electron chi connectivity index (χ3n) is 7.15. The minimum atomic E-state index is -0.178. The maximum atomic E-state index is 13.5. The van der Waals surface area contributed by atoms with Crippen molar-refractivity contribution in [3.05, 3.63) is 81.0 Å². The van der Waals surface area contributed by atoms with Gasteiger partial charge in [0.2, 0.25) is 5.91 Å². The Morgan fingerprint density at radius 1 is 1.11 bits per heavy atom. The molecule has 2 atom stereocenters. The number of hydrogen-bond acceptors (Lipinski definition) is 5. The fourth-order valence-electron chi connectivity index (χ4n) is 5.24. The third kappa shape index (κ3) is 5.61. The maximum absolute atomic E-state index is 13.5. The zero-order chi connectivity index (χ0) is 25.9. The number of anilines is 1. The van der Waals surface area contributed by atoms with E-state index in [1.165, 1.54) is 10.4 Å². The van der Waals surface area contributed by atoms with Gasteiger partial charge in [0.15, 0.2) is 0 Å². The van der Waals surface area contributed by atoms with Crippen LogP contribution in [-0.2, 0) is 11.2 Å². The van der Waals surface area contributed by atoms with Gasteiger partial charge >= 0.3 is 6.03 Å². The minimum absolute atomic E-state index is 0.0343. The van der Waals surface area contributed by atoms with Crippen molar-refractivity contribution < 1.29 is 14.3 Å². The number of ether oxygens (including phenoxy) is 1. The zero-order valence-corrected chi connectivity index (χ0v) is 22.6. The van der Waals surface area contributed by atoms with Gasteiger partial charge in [-0.1, -0.05) is 29.8 Å². The first-order valence-electron chi connectivity index (χ1n) is 12.5. The molecule has 3 heterocycles. The summed E-state index contributed by atoms with van der Waals surface area (Å²) in [6.07, 6.45) is 0.945. The number of thiophene rings is 1. The van der Waals surface area contributed by atoms with Gasteiger partial charge in [0.05, 0.1) is 19.7 Å². The topological polar surface area (TPSA) is 65.1 Å². The molecule has 37 heavy (non-hydrogen) atoms. The number of methoxy groups -OCH3 is 1. The van der Waals surface area contributed by atoms with Crippen molar-refractivity contribution in [1.29, 1.82) is 0 Å². The largest absolute Gasteiger partial charge is 0.497 e. The molecule has 5 rings (SSSR count). The van der Waals surface area contributed by atoms with Gasteiger partial charge in [0, 0.05) is 47.8 Å². The fourth-order valence-corrected chi connectivity index (χ4v) is 6.33. The Balaban J connectivity index is 1.24. The molecule has 0 saturated carbocycles. The Labute approximate surface area is 226 Å². The number of amides is 3. The van der Waals surface area contributed by atoms with Gasteiger partial charge in [-0.3, -0.25) is 9.69 Å². The first kappa shape index (κ1) is 25.6. The summed E-state index contributed by atoms with van der Waals surface area (Å²) in [6, 6.07) is 17.2. The summed E-state index contributed by atoms with van der Waals surface area (Å²) in [5.41, 5.74) is 3.10. The second-order valence-electron chi connectivity index (χ2n) is 9.52. The Hall–Kier alpha value is -3.07. The molecular weight excluding hydrogens is 508 g/mol. The number of halogens is 1. The van der Waals surface area contributed by atoms with Crippen molar-refractivity contribution in [1.82, 2.24) is 14.7 Å². The predicted molar refractivity (Wildman–Crippen MR) is 148 cm³/mol. The van der Waals surface area contributed by atoms with Gasteiger partial charge in [-0.25, -0.2) is 4.79 Å². The molecule has 3 aromatic rings. The van der Waals surface area contributed by atoms with Crippen LogP contribution in [0.5, 0.6) is 5.75 Å². The van der Waals surface area contributed by atoms with E-state index in [2.05, 4.69) is 33.8 Å². The standard InChI is InChI=1S/C28H31ClN4O3S/c1-19-17-31(13-14-33(19)28(35)30-22-5-3-4-21(29)16-22)26(34)18-32-12-10-25-24(11-15-37-25)27(32)20-6-8-23(36-2)9-7-20/h3-9,11,15-16,19,27H,10,12-14,17-18H2,1-2H3,(H,30,35). The number of fused-ring (bicyclic) bond motifs is 1. The highest BCUT2D eigenvalue weighted by Gasteiger charge is 2.34. The number of carbonyl (C=O) groups is 2. The molecule has 9 heteroatoms. The van der Waals surface area contributed by atoms with Crippen LogP contribution in [0, 0.1) is 0 Å². The van der Waals surface area contributed by atoms with E-state index in [9.17, 15) is 9.59 Å². The van der Waals surface area contributed by atoms with E-state index < -0.39 is 0 Å². The Morgan fingerprint density at radius 3 is 2.65 bits per heavy atom. The number of nitrogens with zero attached hydrogens (tertiary/aromatic N) is 3. The lowest BCUT2D eigenvalue weighted by molar-refractivity contribution is -0.135. The van der Waals surface area contributed by atoms with Crippen molar-refractivity contribution in [3.63, 3.8) is 0 Å². The highest BCUT2D eigenvalue weighted by molar-refractivity contribution is 7.10. The van der Waals surface area contributed by atoms with Gasteiger partial charge in [-0.15, -0.1) is 11.3 Å². The minimum Gasteiger partial charge on any atom is -0.497 e. The Morgan fingerprint density at radius 2 is 1.92 bits per heavy atom. The van der Waals surface area contributed by atoms with E-state index in [1.807, 2.05) is 30.0 Å². The molecule has 1 saturated heterocycles. The number of nitrogens with one attached hydrogen (secondary N) is 1. The Bertz CT molecular complexity index is 1260. The van der Waals surface area contributed by atoms with E-state index >= 15 is 0 Å². The summed E-state index contributed by atoms with van der Waals surface area (Å²) in [7, 11) is 1.67. The van der Waals surface area contributed by atoms with Crippen molar-refractivity contribution in [2.24, 2.45) is 0 Å². The summed E-state index contributed by atoms with van der Waals surface area (Å²) in [5.74, 6) is 0.915. The van der Waals surface area contributed by atoms with E-state index in [-0.39, 0.29) is 24.0 Å². The zero-order valence-electron chi connectivity index (χ0n) is 21.0. The first-order chi connectivity index (χ1) is 17.9. The molecule has 194 valence electrons. The van der Waals surface area contributed by atoms with Crippen LogP contribution >= 0.6 is 22.9 Å². The molecule has 2 aromatic carbocycles. The molecule has 1 fully saturated rings. The van der Waals surface area contributed by atoms with Crippen LogP contribution in [0.25, 0.3) is 0 Å². The van der Waals surface area contributed by atoms with Crippen LogP contribution < -0.4 is 10.1 Å². The lowest BCUT2D eigenvalue weighted by atomic mass is 9.93. The fraction of sp³-hybridized carbons (Fsp3) is 0.357. The molecule has 2 unspecified atom stereocenters. The van der Waals surface area contributed by atoms with Gasteiger partial charge in [-0.2, -0.15) is 0 Å². The molecule has 2 aliphatic rings. The molecule has 0 bridgehead atoms. The van der Waals surface area contributed by atoms with E-state index in [1.54, 1.807) is 41.5 Å². The van der Waals surface area contributed by atoms with Crippen LogP contribution in [0.15, 0.2) is 60.0 Å². The second-order valence-corrected chi connectivity index (χ2v) is 11.0. The van der Waals surface area contributed by atoms with Gasteiger partial charge < -0.3 is 19.9 Å². The lowest BCUT2D eigenvalue weighted by Crippen LogP contribution is -2.58. The summed E-state index contributed by atoms with van der Waals surface area (Å²) >= 11 is 7.83. The Kier molecular flexibility index (Phi) is 7.69. The van der Waals surface area contributed by atoms with Crippen molar-refractivity contribution in [3.8, 4) is 5.75 Å². The van der Waals surface area contributed by atoms with Crippen LogP contribution in [-0.4, -0.2) is 72.5 Å². The first-order valence-corrected chi connectivity index (χ1v) is 13.7. The number of urea groups is 1. The molecular formula is C28H31ClN4O3S. The SMILES string of the molecule is COc1ccc(C2c3ccsc3CCN2CC(=O)N2CCN(C(=O)Nc3cccc(Cl)c3)C(C)C2)cc1. The summed E-state index contributed by atoms with van der Waals surface area (Å²) in [5, 5.41) is 5.63. The van der Waals surface area contributed by atoms with Crippen LogP contribution in [0.3, 0.4) is 0 Å². The normalized spacial score (nSPS) is 19.9. The molecule has 0 radical (unpaired) electrons. The smallest absolute Gasteiger partial charge is 0.322 e. The van der Waals surface area contributed by atoms with Crippen LogP contribution in [0.4, 0.5) is 10.5 Å². The van der Waals surface area contributed by atoms with Gasteiger partial charge in [0.25, 0.3) is 0 Å². The highest BCUT2D eigenvalue weighted by Crippen LogP contribution is 2.38. The van der Waals surface area contributed by atoms with E-state index in [0.29, 0.717) is 36.9 Å². The number of rotatable bonds is 5. The molecule has 7 nitrogen and oxygen atoms in total. The molecule has 0 spiro atoms. The average molecular weight is 539 g/mol. The van der Waals surface area contributed by atoms with Crippen LogP contribution in [0.2, 0.25) is 5.02 Å². The van der Waals surface area contributed by atoms with E-state index in [4.69, 9.17) is 16.3 Å². The van der Waals surface area contributed by atoms with Gasteiger partial charge in [0.1, 0.15) is 5.75 Å². The molecule has 3 amide bonds. The van der Waals surface area contributed by atoms with Gasteiger partial charge in [-0.05, 0) is 66.2 Å². The summed E-state index contributed by atoms with van der Waals surface area (Å²) in [6.45, 7) is 4.65. The third-order valence-corrected chi connectivity index (χ3v) is 8.38. The van der Waals surface area contributed by atoms with Crippen molar-refractivity contribution in [2.75, 3.05) is 45.2 Å². The number of carbonyl (C=O) groups excluding carboxylic acids is 2. The van der Waals surface area contributed by atoms with Crippen molar-refractivity contribution >= 4 is 40.6 Å². The predicted octanol–water partition coefficient (Wildman–Crippen LogP) is 5.12. The lowest BCUT2D eigenvalue weighted by Gasteiger charge is -2.41. The average Bonchev–Trinajstić information content (AvgIpc) is 3.37. The van der Waals surface area contributed by atoms with E-state index in [0.717, 1.165) is 24.3 Å². The maximum Gasteiger partial charge on any atom is 0.322 e. The number of hydrogen-bond donors (Lipinski definition) is 1. The summed E-state index contributed by atoms with van der Waals surface area (Å²) in [4.78, 5) is 33.7. The highest BCUT2D eigenvalue weighted by atomic mass is 35.5. The van der Waals surface area contributed by atoms with Crippen molar-refractivity contribution in [2.45, 2.75) is 25.4 Å². The molecule has 1 N–H and O–H groups in total.